The molecule has 2 rings (SSSR count). The van der Waals surface area contributed by atoms with Crippen LogP contribution in [-0.4, -0.2) is 18.4 Å². The SMILES string of the molecule is CCOC(=O)C(Cc1ccc(-c2ccccc2)cc1)C(C)=O. The van der Waals surface area contributed by atoms with Crippen LogP contribution >= 0.6 is 0 Å². The number of rotatable bonds is 6. The number of ketones is 1. The monoisotopic (exact) mass is 296 g/mol. The lowest BCUT2D eigenvalue weighted by molar-refractivity contribution is -0.151. The molecular formula is C19H20O3. The van der Waals surface area contributed by atoms with Crippen molar-refractivity contribution in [2.45, 2.75) is 20.3 Å². The average Bonchev–Trinajstić information content (AvgIpc) is 2.54. The zero-order valence-corrected chi connectivity index (χ0v) is 12.9. The first kappa shape index (κ1) is 16.0. The third kappa shape index (κ3) is 4.04. The van der Waals surface area contributed by atoms with E-state index in [2.05, 4.69) is 0 Å². The Balaban J connectivity index is 2.13. The van der Waals surface area contributed by atoms with Crippen molar-refractivity contribution < 1.29 is 14.3 Å². The van der Waals surface area contributed by atoms with Gasteiger partial charge in [-0.3, -0.25) is 9.59 Å². The van der Waals surface area contributed by atoms with Gasteiger partial charge in [0.05, 0.1) is 6.61 Å². The van der Waals surface area contributed by atoms with Gasteiger partial charge in [0.15, 0.2) is 0 Å². The van der Waals surface area contributed by atoms with E-state index in [0.717, 1.165) is 16.7 Å². The summed E-state index contributed by atoms with van der Waals surface area (Å²) in [6.45, 7) is 3.46. The fourth-order valence-corrected chi connectivity index (χ4v) is 2.34. The largest absolute Gasteiger partial charge is 0.465 e. The summed E-state index contributed by atoms with van der Waals surface area (Å²) < 4.78 is 4.97. The van der Waals surface area contributed by atoms with Crippen molar-refractivity contribution in [2.75, 3.05) is 6.61 Å². The second-order valence-corrected chi connectivity index (χ2v) is 5.18. The van der Waals surface area contributed by atoms with Crippen LogP contribution in [0, 0.1) is 5.92 Å². The Labute approximate surface area is 130 Å². The number of carbonyl (C=O) groups excluding carboxylic acids is 2. The molecule has 1 atom stereocenters. The molecule has 3 heteroatoms. The molecule has 114 valence electrons. The number of hydrogen-bond donors (Lipinski definition) is 0. The Kier molecular flexibility index (Phi) is 5.48. The van der Waals surface area contributed by atoms with E-state index in [1.165, 1.54) is 6.92 Å². The van der Waals surface area contributed by atoms with E-state index < -0.39 is 11.9 Å². The summed E-state index contributed by atoms with van der Waals surface area (Å²) in [6, 6.07) is 18.0. The highest BCUT2D eigenvalue weighted by Gasteiger charge is 2.24. The smallest absolute Gasteiger partial charge is 0.316 e. The maximum absolute atomic E-state index is 11.8. The maximum Gasteiger partial charge on any atom is 0.316 e. The van der Waals surface area contributed by atoms with E-state index in [1.54, 1.807) is 6.92 Å². The summed E-state index contributed by atoms with van der Waals surface area (Å²) >= 11 is 0. The van der Waals surface area contributed by atoms with Crippen molar-refractivity contribution in [3.05, 3.63) is 60.2 Å². The zero-order valence-electron chi connectivity index (χ0n) is 12.9. The minimum Gasteiger partial charge on any atom is -0.465 e. The molecule has 1 unspecified atom stereocenters. The summed E-state index contributed by atoms with van der Waals surface area (Å²) in [4.78, 5) is 23.5. The molecule has 2 aromatic carbocycles. The Bertz CT molecular complexity index is 629. The van der Waals surface area contributed by atoms with E-state index in [1.807, 2.05) is 54.6 Å². The number of hydrogen-bond acceptors (Lipinski definition) is 3. The van der Waals surface area contributed by atoms with Crippen molar-refractivity contribution in [2.24, 2.45) is 5.92 Å². The van der Waals surface area contributed by atoms with Gasteiger partial charge in [-0.05, 0) is 37.0 Å². The Hall–Kier alpha value is -2.42. The second kappa shape index (κ2) is 7.55. The number of Topliss-reactive ketones (excluding diaryl/α,β-unsaturated/α-hetero) is 1. The van der Waals surface area contributed by atoms with Crippen LogP contribution in [0.1, 0.15) is 19.4 Å². The van der Waals surface area contributed by atoms with Crippen LogP contribution in [0.5, 0.6) is 0 Å². The lowest BCUT2D eigenvalue weighted by atomic mass is 9.94. The topological polar surface area (TPSA) is 43.4 Å². The van der Waals surface area contributed by atoms with Crippen molar-refractivity contribution in [1.29, 1.82) is 0 Å². The fourth-order valence-electron chi connectivity index (χ4n) is 2.34. The third-order valence-electron chi connectivity index (χ3n) is 3.56. The maximum atomic E-state index is 11.8. The molecule has 0 fully saturated rings. The summed E-state index contributed by atoms with van der Waals surface area (Å²) in [5.74, 6) is -1.32. The normalized spacial score (nSPS) is 11.7. The fraction of sp³-hybridized carbons (Fsp3) is 0.263. The van der Waals surface area contributed by atoms with Crippen LogP contribution in [0.4, 0.5) is 0 Å². The summed E-state index contributed by atoms with van der Waals surface area (Å²) in [5, 5.41) is 0. The van der Waals surface area contributed by atoms with E-state index in [9.17, 15) is 9.59 Å². The highest BCUT2D eigenvalue weighted by atomic mass is 16.5. The van der Waals surface area contributed by atoms with Gasteiger partial charge < -0.3 is 4.74 Å². The van der Waals surface area contributed by atoms with E-state index >= 15 is 0 Å². The quantitative estimate of drug-likeness (QED) is 0.603. The first-order valence-corrected chi connectivity index (χ1v) is 7.43. The van der Waals surface area contributed by atoms with Crippen LogP contribution in [-0.2, 0) is 20.7 Å². The molecule has 0 bridgehead atoms. The standard InChI is InChI=1S/C19H20O3/c1-3-22-19(21)18(14(2)20)13-15-9-11-17(12-10-15)16-7-5-4-6-8-16/h4-12,18H,3,13H2,1-2H3. The molecule has 0 amide bonds. The summed E-state index contributed by atoms with van der Waals surface area (Å²) in [5.41, 5.74) is 3.20. The number of benzene rings is 2. The lowest BCUT2D eigenvalue weighted by Gasteiger charge is -2.13. The molecular weight excluding hydrogens is 276 g/mol. The molecule has 0 aliphatic rings. The van der Waals surface area contributed by atoms with Gasteiger partial charge in [-0.15, -0.1) is 0 Å². The van der Waals surface area contributed by atoms with Crippen molar-refractivity contribution in [3.63, 3.8) is 0 Å². The van der Waals surface area contributed by atoms with E-state index in [0.29, 0.717) is 6.42 Å². The van der Waals surface area contributed by atoms with Crippen LogP contribution < -0.4 is 0 Å². The highest BCUT2D eigenvalue weighted by Crippen LogP contribution is 2.21. The van der Waals surface area contributed by atoms with Crippen molar-refractivity contribution in [3.8, 4) is 11.1 Å². The van der Waals surface area contributed by atoms with Crippen LogP contribution in [0.3, 0.4) is 0 Å². The van der Waals surface area contributed by atoms with Crippen molar-refractivity contribution >= 4 is 11.8 Å². The van der Waals surface area contributed by atoms with Gasteiger partial charge in [0.2, 0.25) is 0 Å². The number of ether oxygens (including phenoxy) is 1. The Morgan fingerprint density at radius 1 is 0.955 bits per heavy atom. The molecule has 0 N–H and O–H groups in total. The summed E-state index contributed by atoms with van der Waals surface area (Å²) in [7, 11) is 0. The zero-order chi connectivity index (χ0) is 15.9. The minimum atomic E-state index is -0.720. The number of carbonyl (C=O) groups is 2. The number of esters is 1. The van der Waals surface area contributed by atoms with Gasteiger partial charge in [0, 0.05) is 0 Å². The van der Waals surface area contributed by atoms with Gasteiger partial charge in [-0.25, -0.2) is 0 Å². The molecule has 0 heterocycles. The van der Waals surface area contributed by atoms with Crippen molar-refractivity contribution in [1.82, 2.24) is 0 Å². The molecule has 0 saturated heterocycles. The first-order chi connectivity index (χ1) is 10.6. The molecule has 22 heavy (non-hydrogen) atoms. The Morgan fingerprint density at radius 3 is 2.09 bits per heavy atom. The van der Waals surface area contributed by atoms with Gasteiger partial charge in [-0.2, -0.15) is 0 Å². The summed E-state index contributed by atoms with van der Waals surface area (Å²) in [6.07, 6.45) is 0.378. The van der Waals surface area contributed by atoms with Gasteiger partial charge in [0.1, 0.15) is 11.7 Å². The molecule has 0 aromatic heterocycles. The molecule has 2 aromatic rings. The van der Waals surface area contributed by atoms with Crippen LogP contribution in [0.25, 0.3) is 11.1 Å². The van der Waals surface area contributed by atoms with Gasteiger partial charge >= 0.3 is 5.97 Å². The molecule has 0 aliphatic carbocycles. The molecule has 3 nitrogen and oxygen atoms in total. The average molecular weight is 296 g/mol. The van der Waals surface area contributed by atoms with E-state index in [-0.39, 0.29) is 12.4 Å². The predicted octanol–water partition coefficient (Wildman–Crippen LogP) is 3.66. The first-order valence-electron chi connectivity index (χ1n) is 7.43. The molecule has 0 radical (unpaired) electrons. The van der Waals surface area contributed by atoms with Crippen LogP contribution in [0.15, 0.2) is 54.6 Å². The molecule has 0 spiro atoms. The Morgan fingerprint density at radius 2 is 1.55 bits per heavy atom. The minimum absolute atomic E-state index is 0.161. The highest BCUT2D eigenvalue weighted by molar-refractivity contribution is 5.98. The van der Waals surface area contributed by atoms with Gasteiger partial charge in [0.25, 0.3) is 0 Å². The molecule has 0 aliphatic heterocycles. The predicted molar refractivity (Wildman–Crippen MR) is 86.4 cm³/mol. The lowest BCUT2D eigenvalue weighted by Crippen LogP contribution is -2.26. The second-order valence-electron chi connectivity index (χ2n) is 5.18. The van der Waals surface area contributed by atoms with Gasteiger partial charge in [-0.1, -0.05) is 54.6 Å². The molecule has 0 saturated carbocycles. The van der Waals surface area contributed by atoms with E-state index in [4.69, 9.17) is 4.74 Å². The van der Waals surface area contributed by atoms with Crippen LogP contribution in [0.2, 0.25) is 0 Å². The third-order valence-corrected chi connectivity index (χ3v) is 3.56.